The lowest BCUT2D eigenvalue weighted by Gasteiger charge is -2.02. The van der Waals surface area contributed by atoms with Crippen LogP contribution < -0.4 is 0 Å². The van der Waals surface area contributed by atoms with E-state index in [-0.39, 0.29) is 0 Å². The van der Waals surface area contributed by atoms with Crippen LogP contribution in [0.1, 0.15) is 10.4 Å². The predicted molar refractivity (Wildman–Crippen MR) is 69.7 cm³/mol. The van der Waals surface area contributed by atoms with Crippen molar-refractivity contribution >= 4 is 38.9 Å². The Morgan fingerprint density at radius 3 is 2.60 bits per heavy atom. The van der Waals surface area contributed by atoms with Gasteiger partial charge in [0.05, 0.1) is 5.69 Å². The Morgan fingerprint density at radius 2 is 2.07 bits per heavy atom. The van der Waals surface area contributed by atoms with E-state index in [9.17, 15) is 0 Å². The number of aryl methyl sites for hydroxylation is 2. The molecule has 0 fully saturated rings. The highest BCUT2D eigenvalue weighted by molar-refractivity contribution is 9.10. The van der Waals surface area contributed by atoms with E-state index in [2.05, 4.69) is 46.0 Å². The Kier molecular flexibility index (Phi) is 3.14. The molecule has 0 atom stereocenters. The van der Waals surface area contributed by atoms with Crippen molar-refractivity contribution in [3.05, 3.63) is 37.6 Å². The van der Waals surface area contributed by atoms with Crippen LogP contribution in [0.3, 0.4) is 0 Å². The van der Waals surface area contributed by atoms with Gasteiger partial charge in [-0.15, -0.1) is 11.3 Å². The SMILES string of the molecule is Cc1ccc(-c2nc(Cl)sc2C)cc1Br. The Bertz CT molecular complexity index is 507. The number of rotatable bonds is 1. The van der Waals surface area contributed by atoms with Crippen LogP contribution in [0.25, 0.3) is 11.3 Å². The minimum atomic E-state index is 0.596. The van der Waals surface area contributed by atoms with Crippen molar-refractivity contribution < 1.29 is 0 Å². The first-order valence-corrected chi connectivity index (χ1v) is 6.46. The number of hydrogen-bond donors (Lipinski definition) is 0. The molecule has 0 aliphatic carbocycles. The van der Waals surface area contributed by atoms with E-state index in [4.69, 9.17) is 11.6 Å². The molecule has 0 N–H and O–H groups in total. The van der Waals surface area contributed by atoms with Crippen LogP contribution in [0.5, 0.6) is 0 Å². The third-order valence-corrected chi connectivity index (χ3v) is 4.15. The molecule has 0 aliphatic rings. The average molecular weight is 303 g/mol. The van der Waals surface area contributed by atoms with Gasteiger partial charge in [0, 0.05) is 14.9 Å². The number of hydrogen-bond acceptors (Lipinski definition) is 2. The van der Waals surface area contributed by atoms with Crippen LogP contribution >= 0.6 is 38.9 Å². The van der Waals surface area contributed by atoms with E-state index < -0.39 is 0 Å². The van der Waals surface area contributed by atoms with Crippen LogP contribution in [0.4, 0.5) is 0 Å². The number of nitrogens with zero attached hydrogens (tertiary/aromatic N) is 1. The van der Waals surface area contributed by atoms with E-state index >= 15 is 0 Å². The molecule has 2 rings (SSSR count). The second-order valence-corrected chi connectivity index (χ2v) is 5.98. The van der Waals surface area contributed by atoms with Gasteiger partial charge in [-0.3, -0.25) is 0 Å². The molecule has 1 heterocycles. The zero-order valence-electron chi connectivity index (χ0n) is 8.34. The number of halogens is 2. The van der Waals surface area contributed by atoms with Crippen molar-refractivity contribution in [2.24, 2.45) is 0 Å². The summed E-state index contributed by atoms with van der Waals surface area (Å²) in [5.74, 6) is 0. The molecule has 0 amide bonds. The maximum atomic E-state index is 5.88. The predicted octanol–water partition coefficient (Wildman–Crippen LogP) is 4.84. The Hall–Kier alpha value is -0.380. The van der Waals surface area contributed by atoms with E-state index in [1.54, 1.807) is 0 Å². The minimum absolute atomic E-state index is 0.596. The largest absolute Gasteiger partial charge is 0.225 e. The number of thiazole rings is 1. The summed E-state index contributed by atoms with van der Waals surface area (Å²) < 4.78 is 1.70. The van der Waals surface area contributed by atoms with Crippen molar-refractivity contribution in [2.75, 3.05) is 0 Å². The molecule has 0 aliphatic heterocycles. The fraction of sp³-hybridized carbons (Fsp3) is 0.182. The van der Waals surface area contributed by atoms with E-state index in [1.165, 1.54) is 16.9 Å². The third kappa shape index (κ3) is 2.25. The molecule has 0 saturated heterocycles. The number of benzene rings is 1. The van der Waals surface area contributed by atoms with Crippen LogP contribution in [0.2, 0.25) is 4.47 Å². The van der Waals surface area contributed by atoms with Gasteiger partial charge in [0.2, 0.25) is 0 Å². The average Bonchev–Trinajstić information content (AvgIpc) is 2.50. The molecule has 0 spiro atoms. The monoisotopic (exact) mass is 301 g/mol. The summed E-state index contributed by atoms with van der Waals surface area (Å²) in [7, 11) is 0. The van der Waals surface area contributed by atoms with E-state index in [1.807, 2.05) is 6.92 Å². The summed E-state index contributed by atoms with van der Waals surface area (Å²) in [6.45, 7) is 4.10. The highest BCUT2D eigenvalue weighted by Crippen LogP contribution is 2.32. The fourth-order valence-corrected chi connectivity index (χ4v) is 2.83. The van der Waals surface area contributed by atoms with Crippen LogP contribution in [0, 0.1) is 13.8 Å². The maximum absolute atomic E-state index is 5.88. The molecule has 4 heteroatoms. The number of aromatic nitrogens is 1. The first kappa shape index (κ1) is 11.1. The van der Waals surface area contributed by atoms with Crippen LogP contribution in [-0.2, 0) is 0 Å². The zero-order valence-corrected chi connectivity index (χ0v) is 11.5. The quantitative estimate of drug-likeness (QED) is 0.734. The van der Waals surface area contributed by atoms with Gasteiger partial charge < -0.3 is 0 Å². The fourth-order valence-electron chi connectivity index (χ4n) is 1.37. The lowest BCUT2D eigenvalue weighted by atomic mass is 10.1. The normalized spacial score (nSPS) is 10.7. The first-order chi connectivity index (χ1) is 7.08. The van der Waals surface area contributed by atoms with E-state index in [0.717, 1.165) is 20.6 Å². The lowest BCUT2D eigenvalue weighted by molar-refractivity contribution is 1.35. The molecular weight excluding hydrogens is 294 g/mol. The van der Waals surface area contributed by atoms with Crippen LogP contribution in [0.15, 0.2) is 22.7 Å². The summed E-state index contributed by atoms with van der Waals surface area (Å²) in [5, 5.41) is 0. The first-order valence-electron chi connectivity index (χ1n) is 4.47. The molecule has 2 aromatic rings. The molecule has 0 bridgehead atoms. The van der Waals surface area contributed by atoms with E-state index in [0.29, 0.717) is 4.47 Å². The molecule has 15 heavy (non-hydrogen) atoms. The maximum Gasteiger partial charge on any atom is 0.184 e. The Balaban J connectivity index is 2.54. The topological polar surface area (TPSA) is 12.9 Å². The highest BCUT2D eigenvalue weighted by atomic mass is 79.9. The molecule has 0 unspecified atom stereocenters. The van der Waals surface area contributed by atoms with Gasteiger partial charge in [-0.1, -0.05) is 39.7 Å². The summed E-state index contributed by atoms with van der Waals surface area (Å²) in [4.78, 5) is 5.46. The smallest absolute Gasteiger partial charge is 0.184 e. The second-order valence-electron chi connectivity index (χ2n) is 3.34. The minimum Gasteiger partial charge on any atom is -0.225 e. The standard InChI is InChI=1S/C11H9BrClNS/c1-6-3-4-8(5-9(6)12)10-7(2)15-11(13)14-10/h3-5H,1-2H3. The van der Waals surface area contributed by atoms with Gasteiger partial charge >= 0.3 is 0 Å². The Morgan fingerprint density at radius 1 is 1.33 bits per heavy atom. The summed E-state index contributed by atoms with van der Waals surface area (Å²) in [6.07, 6.45) is 0. The molecule has 0 radical (unpaired) electrons. The Labute approximate surface area is 106 Å². The summed E-state index contributed by atoms with van der Waals surface area (Å²) in [5.41, 5.74) is 3.30. The van der Waals surface area contributed by atoms with Gasteiger partial charge in [0.15, 0.2) is 4.47 Å². The van der Waals surface area contributed by atoms with Crippen molar-refractivity contribution in [2.45, 2.75) is 13.8 Å². The molecule has 0 saturated carbocycles. The zero-order chi connectivity index (χ0) is 11.0. The molecule has 78 valence electrons. The second kappa shape index (κ2) is 4.24. The molecule has 1 aromatic heterocycles. The van der Waals surface area contributed by atoms with Gasteiger partial charge in [-0.05, 0) is 25.5 Å². The van der Waals surface area contributed by atoms with Crippen molar-refractivity contribution in [1.29, 1.82) is 0 Å². The highest BCUT2D eigenvalue weighted by Gasteiger charge is 2.09. The lowest BCUT2D eigenvalue weighted by Crippen LogP contribution is -1.82. The van der Waals surface area contributed by atoms with Gasteiger partial charge in [-0.2, -0.15) is 0 Å². The third-order valence-electron chi connectivity index (χ3n) is 2.22. The molecular formula is C11H9BrClNS. The van der Waals surface area contributed by atoms with Crippen molar-refractivity contribution in [3.8, 4) is 11.3 Å². The van der Waals surface area contributed by atoms with Crippen molar-refractivity contribution in [1.82, 2.24) is 4.98 Å². The summed E-state index contributed by atoms with van der Waals surface area (Å²) >= 11 is 10.9. The van der Waals surface area contributed by atoms with Crippen LogP contribution in [-0.4, -0.2) is 4.98 Å². The van der Waals surface area contributed by atoms with Gasteiger partial charge in [-0.25, -0.2) is 4.98 Å². The van der Waals surface area contributed by atoms with Gasteiger partial charge in [0.25, 0.3) is 0 Å². The van der Waals surface area contributed by atoms with Gasteiger partial charge in [0.1, 0.15) is 0 Å². The summed E-state index contributed by atoms with van der Waals surface area (Å²) in [6, 6.07) is 6.22. The van der Waals surface area contributed by atoms with Crippen molar-refractivity contribution in [3.63, 3.8) is 0 Å². The molecule has 1 nitrogen and oxygen atoms in total. The molecule has 1 aromatic carbocycles.